The third-order valence-electron chi connectivity index (χ3n) is 3.36. The fourth-order valence-corrected chi connectivity index (χ4v) is 2.29. The Bertz CT molecular complexity index is 364. The van der Waals surface area contributed by atoms with Crippen molar-refractivity contribution >= 4 is 5.91 Å². The summed E-state index contributed by atoms with van der Waals surface area (Å²) in [7, 11) is 0. The first kappa shape index (κ1) is 12.1. The van der Waals surface area contributed by atoms with Gasteiger partial charge in [-0.2, -0.15) is 0 Å². The van der Waals surface area contributed by atoms with Crippen molar-refractivity contribution in [1.29, 1.82) is 0 Å². The standard InChI is InChI=1S/C14H20N2O/c1-11-8-9-12(10-15-11)14(17)16-13-6-4-2-3-5-7-13/h8-10,13H,2-7H2,1H3,(H,16,17). The molecule has 3 heteroatoms. The second-order valence-electron chi connectivity index (χ2n) is 4.85. The van der Waals surface area contributed by atoms with Crippen molar-refractivity contribution in [2.45, 2.75) is 51.5 Å². The summed E-state index contributed by atoms with van der Waals surface area (Å²) >= 11 is 0. The third-order valence-corrected chi connectivity index (χ3v) is 3.36. The van der Waals surface area contributed by atoms with Crippen molar-refractivity contribution in [2.24, 2.45) is 0 Å². The van der Waals surface area contributed by atoms with Gasteiger partial charge in [-0.3, -0.25) is 9.78 Å². The SMILES string of the molecule is Cc1ccc(C(=O)NC2CCCCCC2)cn1. The molecule has 1 fully saturated rings. The van der Waals surface area contributed by atoms with Gasteiger partial charge in [0, 0.05) is 17.9 Å². The monoisotopic (exact) mass is 232 g/mol. The minimum Gasteiger partial charge on any atom is -0.349 e. The van der Waals surface area contributed by atoms with E-state index in [1.54, 1.807) is 6.20 Å². The summed E-state index contributed by atoms with van der Waals surface area (Å²) in [6, 6.07) is 4.07. The summed E-state index contributed by atoms with van der Waals surface area (Å²) in [6.45, 7) is 1.92. The lowest BCUT2D eigenvalue weighted by Crippen LogP contribution is -2.34. The highest BCUT2D eigenvalue weighted by Gasteiger charge is 2.15. The number of rotatable bonds is 2. The molecule has 1 saturated carbocycles. The average molecular weight is 232 g/mol. The van der Waals surface area contributed by atoms with E-state index in [1.807, 2.05) is 19.1 Å². The van der Waals surface area contributed by atoms with Gasteiger partial charge in [0.15, 0.2) is 0 Å². The quantitative estimate of drug-likeness (QED) is 0.797. The van der Waals surface area contributed by atoms with E-state index in [0.29, 0.717) is 11.6 Å². The molecule has 1 N–H and O–H groups in total. The van der Waals surface area contributed by atoms with Crippen LogP contribution in [0.5, 0.6) is 0 Å². The van der Waals surface area contributed by atoms with Gasteiger partial charge in [-0.25, -0.2) is 0 Å². The van der Waals surface area contributed by atoms with Crippen LogP contribution < -0.4 is 5.32 Å². The van der Waals surface area contributed by atoms with E-state index in [2.05, 4.69) is 10.3 Å². The number of nitrogens with zero attached hydrogens (tertiary/aromatic N) is 1. The smallest absolute Gasteiger partial charge is 0.253 e. The number of hydrogen-bond donors (Lipinski definition) is 1. The van der Waals surface area contributed by atoms with Crippen LogP contribution in [0.2, 0.25) is 0 Å². The summed E-state index contributed by atoms with van der Waals surface area (Å²) in [4.78, 5) is 16.1. The topological polar surface area (TPSA) is 42.0 Å². The largest absolute Gasteiger partial charge is 0.349 e. The molecule has 1 aliphatic carbocycles. The van der Waals surface area contributed by atoms with Crippen LogP contribution in [0.4, 0.5) is 0 Å². The fourth-order valence-electron chi connectivity index (χ4n) is 2.29. The molecule has 0 atom stereocenters. The zero-order chi connectivity index (χ0) is 12.1. The first-order valence-corrected chi connectivity index (χ1v) is 6.49. The van der Waals surface area contributed by atoms with Gasteiger partial charge in [-0.15, -0.1) is 0 Å². The Morgan fingerprint density at radius 3 is 2.53 bits per heavy atom. The molecule has 2 rings (SSSR count). The highest BCUT2D eigenvalue weighted by molar-refractivity contribution is 5.94. The van der Waals surface area contributed by atoms with Crippen molar-refractivity contribution in [3.8, 4) is 0 Å². The number of hydrogen-bond acceptors (Lipinski definition) is 2. The number of amides is 1. The molecule has 0 saturated heterocycles. The predicted octanol–water partition coefficient (Wildman–Crippen LogP) is 2.84. The van der Waals surface area contributed by atoms with Gasteiger partial charge in [-0.05, 0) is 31.9 Å². The summed E-state index contributed by atoms with van der Waals surface area (Å²) in [5.74, 6) is 0.0180. The maximum absolute atomic E-state index is 12.0. The Labute approximate surface area is 103 Å². The van der Waals surface area contributed by atoms with E-state index >= 15 is 0 Å². The highest BCUT2D eigenvalue weighted by Crippen LogP contribution is 2.17. The van der Waals surface area contributed by atoms with E-state index in [-0.39, 0.29) is 5.91 Å². The van der Waals surface area contributed by atoms with Crippen LogP contribution in [0.3, 0.4) is 0 Å². The van der Waals surface area contributed by atoms with Crippen molar-refractivity contribution in [2.75, 3.05) is 0 Å². The zero-order valence-corrected chi connectivity index (χ0v) is 10.4. The Kier molecular flexibility index (Phi) is 4.13. The van der Waals surface area contributed by atoms with Crippen molar-refractivity contribution in [3.05, 3.63) is 29.6 Å². The van der Waals surface area contributed by atoms with Crippen LogP contribution >= 0.6 is 0 Å². The van der Waals surface area contributed by atoms with Crippen molar-refractivity contribution < 1.29 is 4.79 Å². The second-order valence-corrected chi connectivity index (χ2v) is 4.85. The minimum absolute atomic E-state index is 0.0180. The molecule has 92 valence electrons. The molecular weight excluding hydrogens is 212 g/mol. The first-order chi connectivity index (χ1) is 8.25. The lowest BCUT2D eigenvalue weighted by molar-refractivity contribution is 0.0933. The molecular formula is C14H20N2O. The Balaban J connectivity index is 1.93. The highest BCUT2D eigenvalue weighted by atomic mass is 16.1. The Hall–Kier alpha value is -1.38. The molecule has 0 unspecified atom stereocenters. The second kappa shape index (κ2) is 5.80. The number of pyridine rings is 1. The Morgan fingerprint density at radius 1 is 1.24 bits per heavy atom. The molecule has 0 radical (unpaired) electrons. The first-order valence-electron chi connectivity index (χ1n) is 6.49. The number of carbonyl (C=O) groups excluding carboxylic acids is 1. The molecule has 1 heterocycles. The molecule has 0 aliphatic heterocycles. The molecule has 17 heavy (non-hydrogen) atoms. The predicted molar refractivity (Wildman–Crippen MR) is 67.9 cm³/mol. The number of aryl methyl sites for hydroxylation is 1. The molecule has 1 amide bonds. The molecule has 1 aromatic heterocycles. The van der Waals surface area contributed by atoms with Gasteiger partial charge >= 0.3 is 0 Å². The van der Waals surface area contributed by atoms with Crippen LogP contribution in [0.1, 0.15) is 54.6 Å². The molecule has 1 aliphatic rings. The Morgan fingerprint density at radius 2 is 1.94 bits per heavy atom. The number of nitrogens with one attached hydrogen (secondary N) is 1. The summed E-state index contributed by atoms with van der Waals surface area (Å²) in [6.07, 6.45) is 8.96. The maximum Gasteiger partial charge on any atom is 0.253 e. The molecule has 0 bridgehead atoms. The van der Waals surface area contributed by atoms with Gasteiger partial charge in [0.05, 0.1) is 5.56 Å². The molecule has 3 nitrogen and oxygen atoms in total. The summed E-state index contributed by atoms with van der Waals surface area (Å²) in [5, 5.41) is 3.12. The van der Waals surface area contributed by atoms with E-state index in [1.165, 1.54) is 25.7 Å². The van der Waals surface area contributed by atoms with Gasteiger partial charge in [0.2, 0.25) is 0 Å². The van der Waals surface area contributed by atoms with E-state index in [0.717, 1.165) is 18.5 Å². The van der Waals surface area contributed by atoms with Gasteiger partial charge in [-0.1, -0.05) is 25.7 Å². The van der Waals surface area contributed by atoms with Crippen LogP contribution in [-0.2, 0) is 0 Å². The zero-order valence-electron chi connectivity index (χ0n) is 10.4. The molecule has 0 aromatic carbocycles. The van der Waals surface area contributed by atoms with E-state index in [9.17, 15) is 4.79 Å². The maximum atomic E-state index is 12.0. The summed E-state index contributed by atoms with van der Waals surface area (Å²) in [5.41, 5.74) is 1.61. The van der Waals surface area contributed by atoms with Crippen molar-refractivity contribution in [3.63, 3.8) is 0 Å². The number of carbonyl (C=O) groups is 1. The van der Waals surface area contributed by atoms with E-state index < -0.39 is 0 Å². The fraction of sp³-hybridized carbons (Fsp3) is 0.571. The third kappa shape index (κ3) is 3.55. The van der Waals surface area contributed by atoms with Crippen LogP contribution in [-0.4, -0.2) is 16.9 Å². The lowest BCUT2D eigenvalue weighted by Gasteiger charge is -2.16. The normalized spacial score (nSPS) is 17.5. The van der Waals surface area contributed by atoms with E-state index in [4.69, 9.17) is 0 Å². The minimum atomic E-state index is 0.0180. The van der Waals surface area contributed by atoms with Gasteiger partial charge < -0.3 is 5.32 Å². The molecule has 0 spiro atoms. The van der Waals surface area contributed by atoms with Crippen LogP contribution in [0.25, 0.3) is 0 Å². The number of aromatic nitrogens is 1. The summed E-state index contributed by atoms with van der Waals surface area (Å²) < 4.78 is 0. The average Bonchev–Trinajstić information content (AvgIpc) is 2.58. The van der Waals surface area contributed by atoms with Gasteiger partial charge in [0.1, 0.15) is 0 Å². The molecule has 1 aromatic rings. The van der Waals surface area contributed by atoms with Gasteiger partial charge in [0.25, 0.3) is 5.91 Å². The van der Waals surface area contributed by atoms with Crippen LogP contribution in [0.15, 0.2) is 18.3 Å². The lowest BCUT2D eigenvalue weighted by atomic mass is 10.1. The van der Waals surface area contributed by atoms with Crippen molar-refractivity contribution in [1.82, 2.24) is 10.3 Å². The van der Waals surface area contributed by atoms with Crippen LogP contribution in [0, 0.1) is 6.92 Å².